The molecule has 0 aliphatic carbocycles. The number of nitrogens with two attached hydrogens (primary N) is 1. The molecule has 6 heteroatoms. The average Bonchev–Trinajstić information content (AvgIpc) is 2.31. The van der Waals surface area contributed by atoms with Crippen LogP contribution >= 0.6 is 24.0 Å². The molecule has 0 saturated heterocycles. The number of ether oxygens (including phenoxy) is 1. The number of methoxy groups -OCH3 is 1. The van der Waals surface area contributed by atoms with Gasteiger partial charge in [0.1, 0.15) is 0 Å². The van der Waals surface area contributed by atoms with Gasteiger partial charge in [-0.05, 0) is 37.5 Å². The summed E-state index contributed by atoms with van der Waals surface area (Å²) in [7, 11) is 1.66. The molecule has 5 nitrogen and oxygen atoms in total. The van der Waals surface area contributed by atoms with Crippen molar-refractivity contribution in [1.29, 1.82) is 0 Å². The molecule has 0 aliphatic rings. The SMILES string of the molecule is COCC(C)NC(N)=NCCc1ccncc1C.I. The highest BCUT2D eigenvalue weighted by atomic mass is 127. The first kappa shape index (κ1) is 18.1. The Morgan fingerprint density at radius 3 is 2.95 bits per heavy atom. The van der Waals surface area contributed by atoms with Crippen LogP contribution in [0.5, 0.6) is 0 Å². The highest BCUT2D eigenvalue weighted by Gasteiger charge is 2.01. The molecule has 0 bridgehead atoms. The van der Waals surface area contributed by atoms with Crippen LogP contribution in [0.3, 0.4) is 0 Å². The van der Waals surface area contributed by atoms with Crippen LogP contribution in [0.1, 0.15) is 18.1 Å². The van der Waals surface area contributed by atoms with E-state index in [1.807, 2.05) is 26.1 Å². The van der Waals surface area contributed by atoms with Crippen LogP contribution in [0.15, 0.2) is 23.5 Å². The van der Waals surface area contributed by atoms with Gasteiger partial charge in [-0.2, -0.15) is 0 Å². The molecule has 108 valence electrons. The van der Waals surface area contributed by atoms with Crippen LogP contribution in [0.2, 0.25) is 0 Å². The van der Waals surface area contributed by atoms with Gasteiger partial charge in [-0.15, -0.1) is 24.0 Å². The van der Waals surface area contributed by atoms with Crippen molar-refractivity contribution in [2.45, 2.75) is 26.3 Å². The van der Waals surface area contributed by atoms with Crippen molar-refractivity contribution in [2.24, 2.45) is 10.7 Å². The van der Waals surface area contributed by atoms with Crippen molar-refractivity contribution in [3.63, 3.8) is 0 Å². The minimum atomic E-state index is 0. The number of nitrogens with zero attached hydrogens (tertiary/aromatic N) is 2. The van der Waals surface area contributed by atoms with Crippen LogP contribution < -0.4 is 11.1 Å². The summed E-state index contributed by atoms with van der Waals surface area (Å²) in [5, 5.41) is 3.07. The molecule has 0 amide bonds. The van der Waals surface area contributed by atoms with E-state index in [2.05, 4.69) is 15.3 Å². The van der Waals surface area contributed by atoms with Crippen LogP contribution in [0.25, 0.3) is 0 Å². The Hall–Kier alpha value is -0.890. The van der Waals surface area contributed by atoms with Crippen LogP contribution in [0, 0.1) is 6.92 Å². The van der Waals surface area contributed by atoms with Gasteiger partial charge in [0.2, 0.25) is 0 Å². The Morgan fingerprint density at radius 2 is 2.32 bits per heavy atom. The average molecular weight is 378 g/mol. The number of aryl methyl sites for hydroxylation is 1. The monoisotopic (exact) mass is 378 g/mol. The van der Waals surface area contributed by atoms with Gasteiger partial charge in [0.25, 0.3) is 0 Å². The molecule has 0 aliphatic heterocycles. The smallest absolute Gasteiger partial charge is 0.188 e. The zero-order valence-corrected chi connectivity index (χ0v) is 14.0. The third kappa shape index (κ3) is 7.31. The first-order valence-corrected chi connectivity index (χ1v) is 6.08. The molecule has 1 unspecified atom stereocenters. The second kappa shape index (κ2) is 9.96. The molecule has 1 atom stereocenters. The summed E-state index contributed by atoms with van der Waals surface area (Å²) in [6.45, 7) is 5.33. The number of hydrogen-bond donors (Lipinski definition) is 2. The molecule has 0 fully saturated rings. The fourth-order valence-electron chi connectivity index (χ4n) is 1.67. The Kier molecular flexibility index (Phi) is 9.50. The zero-order valence-electron chi connectivity index (χ0n) is 11.7. The van der Waals surface area contributed by atoms with Crippen molar-refractivity contribution < 1.29 is 4.74 Å². The highest BCUT2D eigenvalue weighted by Crippen LogP contribution is 2.05. The third-order valence-corrected chi connectivity index (χ3v) is 2.61. The van der Waals surface area contributed by atoms with Crippen molar-refractivity contribution in [2.75, 3.05) is 20.3 Å². The second-order valence-corrected chi connectivity index (χ2v) is 4.32. The van der Waals surface area contributed by atoms with E-state index in [-0.39, 0.29) is 30.0 Å². The molecule has 1 aromatic heterocycles. The summed E-state index contributed by atoms with van der Waals surface area (Å²) in [4.78, 5) is 8.35. The van der Waals surface area contributed by atoms with E-state index in [0.29, 0.717) is 19.1 Å². The number of aromatic nitrogens is 1. The lowest BCUT2D eigenvalue weighted by atomic mass is 10.1. The minimum absolute atomic E-state index is 0. The molecule has 0 saturated carbocycles. The lowest BCUT2D eigenvalue weighted by Gasteiger charge is -2.13. The number of nitrogens with one attached hydrogen (secondary N) is 1. The molecule has 1 rings (SSSR count). The van der Waals surface area contributed by atoms with E-state index in [1.165, 1.54) is 11.1 Å². The van der Waals surface area contributed by atoms with Gasteiger partial charge in [-0.3, -0.25) is 9.98 Å². The van der Waals surface area contributed by atoms with Crippen molar-refractivity contribution in [1.82, 2.24) is 10.3 Å². The normalized spacial score (nSPS) is 12.7. The lowest BCUT2D eigenvalue weighted by molar-refractivity contribution is 0.179. The summed E-state index contributed by atoms with van der Waals surface area (Å²) in [6.07, 6.45) is 4.53. The molecule has 1 aromatic rings. The van der Waals surface area contributed by atoms with Crippen LogP contribution in [-0.4, -0.2) is 37.2 Å². The number of aliphatic imine (C=N–C) groups is 1. The Morgan fingerprint density at radius 1 is 1.58 bits per heavy atom. The standard InChI is InChI=1S/C13H22N4O.HI/c1-10-8-15-6-4-12(10)5-7-16-13(14)17-11(2)9-18-3;/h4,6,8,11H,5,7,9H2,1-3H3,(H3,14,16,17);1H. The topological polar surface area (TPSA) is 72.5 Å². The first-order valence-electron chi connectivity index (χ1n) is 6.08. The first-order chi connectivity index (χ1) is 8.63. The maximum Gasteiger partial charge on any atom is 0.188 e. The number of hydrogen-bond acceptors (Lipinski definition) is 3. The quantitative estimate of drug-likeness (QED) is 0.447. The van der Waals surface area contributed by atoms with Crippen molar-refractivity contribution >= 4 is 29.9 Å². The van der Waals surface area contributed by atoms with Gasteiger partial charge >= 0.3 is 0 Å². The van der Waals surface area contributed by atoms with Crippen molar-refractivity contribution in [3.8, 4) is 0 Å². The Balaban J connectivity index is 0.00000324. The van der Waals surface area contributed by atoms with E-state index in [0.717, 1.165) is 6.42 Å². The summed E-state index contributed by atoms with van der Waals surface area (Å²) in [5.41, 5.74) is 8.22. The molecular formula is C13H23IN4O. The molecule has 0 aromatic carbocycles. The van der Waals surface area contributed by atoms with E-state index >= 15 is 0 Å². The van der Waals surface area contributed by atoms with Crippen molar-refractivity contribution in [3.05, 3.63) is 29.6 Å². The molecule has 0 spiro atoms. The number of pyridine rings is 1. The van der Waals surface area contributed by atoms with Gasteiger partial charge in [-0.1, -0.05) is 0 Å². The van der Waals surface area contributed by atoms with Crippen LogP contribution in [-0.2, 0) is 11.2 Å². The highest BCUT2D eigenvalue weighted by molar-refractivity contribution is 14.0. The van der Waals surface area contributed by atoms with Gasteiger partial charge in [0, 0.05) is 32.1 Å². The predicted octanol–water partition coefficient (Wildman–Crippen LogP) is 1.49. The van der Waals surface area contributed by atoms with E-state index in [4.69, 9.17) is 10.5 Å². The summed E-state index contributed by atoms with van der Waals surface area (Å²) in [5.74, 6) is 0.464. The van der Waals surface area contributed by atoms with Gasteiger partial charge < -0.3 is 15.8 Å². The molecule has 1 heterocycles. The van der Waals surface area contributed by atoms with Gasteiger partial charge in [0.15, 0.2) is 5.96 Å². The summed E-state index contributed by atoms with van der Waals surface area (Å²) < 4.78 is 5.01. The van der Waals surface area contributed by atoms with E-state index in [9.17, 15) is 0 Å². The maximum absolute atomic E-state index is 5.78. The molecule has 0 radical (unpaired) electrons. The maximum atomic E-state index is 5.78. The van der Waals surface area contributed by atoms with E-state index < -0.39 is 0 Å². The molecule has 3 N–H and O–H groups in total. The lowest BCUT2D eigenvalue weighted by Crippen LogP contribution is -2.40. The number of rotatable bonds is 6. The fraction of sp³-hybridized carbons (Fsp3) is 0.538. The van der Waals surface area contributed by atoms with E-state index in [1.54, 1.807) is 13.3 Å². The van der Waals surface area contributed by atoms with Crippen LogP contribution in [0.4, 0.5) is 0 Å². The molecule has 19 heavy (non-hydrogen) atoms. The third-order valence-electron chi connectivity index (χ3n) is 2.61. The summed E-state index contributed by atoms with van der Waals surface area (Å²) in [6, 6.07) is 2.18. The number of halogens is 1. The zero-order chi connectivity index (χ0) is 13.4. The number of guanidine groups is 1. The largest absolute Gasteiger partial charge is 0.383 e. The second-order valence-electron chi connectivity index (χ2n) is 4.32. The predicted molar refractivity (Wildman–Crippen MR) is 89.1 cm³/mol. The minimum Gasteiger partial charge on any atom is -0.383 e. The fourth-order valence-corrected chi connectivity index (χ4v) is 1.67. The Bertz CT molecular complexity index is 398. The molecular weight excluding hydrogens is 355 g/mol. The summed E-state index contributed by atoms with van der Waals surface area (Å²) >= 11 is 0. The van der Waals surface area contributed by atoms with Gasteiger partial charge in [-0.25, -0.2) is 0 Å². The van der Waals surface area contributed by atoms with Gasteiger partial charge in [0.05, 0.1) is 6.61 Å². The Labute approximate surface area is 132 Å².